The van der Waals surface area contributed by atoms with E-state index in [0.29, 0.717) is 4.57 Å². The van der Waals surface area contributed by atoms with E-state index in [1.54, 1.807) is 36.4 Å². The molecule has 0 radical (unpaired) electrons. The van der Waals surface area contributed by atoms with Gasteiger partial charge < -0.3 is 14.2 Å². The Labute approximate surface area is 192 Å². The summed E-state index contributed by atoms with van der Waals surface area (Å²) < 4.78 is 32.0. The molecule has 0 aliphatic rings. The van der Waals surface area contributed by atoms with Crippen molar-refractivity contribution >= 4 is 11.9 Å². The molecule has 1 aromatic heterocycles. The van der Waals surface area contributed by atoms with Crippen molar-refractivity contribution in [1.82, 2.24) is 9.55 Å². The Morgan fingerprint density at radius 1 is 1.00 bits per heavy atom. The van der Waals surface area contributed by atoms with Gasteiger partial charge in [0.2, 0.25) is 12.4 Å². The Morgan fingerprint density at radius 3 is 2.09 bits per heavy atom. The number of methoxy groups -OCH3 is 1. The van der Waals surface area contributed by atoms with E-state index in [-0.39, 0.29) is 11.1 Å². The first kappa shape index (κ1) is 24.6. The Morgan fingerprint density at radius 2 is 1.56 bits per heavy atom. The molecule has 0 aliphatic carbocycles. The van der Waals surface area contributed by atoms with E-state index in [0.717, 1.165) is 19.4 Å². The zero-order valence-electron chi connectivity index (χ0n) is 18.1. The van der Waals surface area contributed by atoms with E-state index < -0.39 is 47.9 Å². The number of halogens is 1. The number of benzene rings is 2. The number of alkyl halides is 1. The molecule has 3 atom stereocenters. The smallest absolute Gasteiger partial charge is 0.340 e. The molecule has 0 unspecified atom stereocenters. The summed E-state index contributed by atoms with van der Waals surface area (Å²) in [6.45, 7) is -0.782. The van der Waals surface area contributed by atoms with Gasteiger partial charge in [-0.2, -0.15) is 0 Å². The highest BCUT2D eigenvalue weighted by molar-refractivity contribution is 5.89. The summed E-state index contributed by atoms with van der Waals surface area (Å²) in [6, 6.07) is 16.5. The highest BCUT2D eigenvalue weighted by atomic mass is 19.1. The van der Waals surface area contributed by atoms with Crippen LogP contribution in [0.4, 0.5) is 4.39 Å². The van der Waals surface area contributed by atoms with E-state index in [2.05, 4.69) is 0 Å². The van der Waals surface area contributed by atoms with E-state index >= 15 is 4.39 Å². The lowest BCUT2D eigenvalue weighted by molar-refractivity contribution is -0.152. The molecular formula is C23H22FN3O7. The number of hydrogen-bond donors (Lipinski definition) is 2. The number of ether oxygens (including phenoxy) is 3. The van der Waals surface area contributed by atoms with Crippen LogP contribution in [0.3, 0.4) is 0 Å². The summed E-state index contributed by atoms with van der Waals surface area (Å²) in [5.41, 5.74) is 2.19. The fourth-order valence-electron chi connectivity index (χ4n) is 2.97. The van der Waals surface area contributed by atoms with E-state index in [4.69, 9.17) is 19.9 Å². The predicted octanol–water partition coefficient (Wildman–Crippen LogP) is 1.39. The standard InChI is InChI=1S/C23H22FN3O7/c1-32-23(25,14-33-20(29)15-8-4-2-5-9-15)18(24)19(27-13-12-17(28)26-22(27)31)34-21(30)16-10-6-3-7-11-16/h2-13,18-19H,14,25H2,1H3,(H,26,28,31)/t18-,19+,23+/m0/s1. The number of aromatic nitrogens is 2. The van der Waals surface area contributed by atoms with Crippen LogP contribution >= 0.6 is 0 Å². The predicted molar refractivity (Wildman–Crippen MR) is 118 cm³/mol. The molecule has 0 saturated carbocycles. The van der Waals surface area contributed by atoms with Crippen molar-refractivity contribution in [2.45, 2.75) is 18.1 Å². The topological polar surface area (TPSA) is 143 Å². The monoisotopic (exact) mass is 471 g/mol. The van der Waals surface area contributed by atoms with E-state index in [1.165, 1.54) is 24.3 Å². The maximum absolute atomic E-state index is 15.8. The van der Waals surface area contributed by atoms with Gasteiger partial charge in [-0.3, -0.25) is 20.1 Å². The quantitative estimate of drug-likeness (QED) is 0.352. The molecule has 0 bridgehead atoms. The van der Waals surface area contributed by atoms with E-state index in [9.17, 15) is 19.2 Å². The van der Waals surface area contributed by atoms with Crippen molar-refractivity contribution in [2.75, 3.05) is 13.7 Å². The highest BCUT2D eigenvalue weighted by Gasteiger charge is 2.46. The number of rotatable bonds is 9. The van der Waals surface area contributed by atoms with Crippen molar-refractivity contribution in [2.24, 2.45) is 5.73 Å². The maximum atomic E-state index is 15.8. The lowest BCUT2D eigenvalue weighted by Crippen LogP contribution is -2.59. The average molecular weight is 471 g/mol. The second-order valence-electron chi connectivity index (χ2n) is 7.18. The zero-order chi connectivity index (χ0) is 24.7. The van der Waals surface area contributed by atoms with Crippen LogP contribution in [0.25, 0.3) is 0 Å². The minimum absolute atomic E-state index is 0.0766. The second kappa shape index (κ2) is 10.7. The normalized spacial score (nSPS) is 14.4. The summed E-state index contributed by atoms with van der Waals surface area (Å²) in [4.78, 5) is 50.7. The number of nitrogens with one attached hydrogen (secondary N) is 1. The van der Waals surface area contributed by atoms with Crippen LogP contribution in [0.5, 0.6) is 0 Å². The van der Waals surface area contributed by atoms with Gasteiger partial charge in [-0.05, 0) is 24.3 Å². The molecule has 1 heterocycles. The van der Waals surface area contributed by atoms with Crippen molar-refractivity contribution in [3.8, 4) is 0 Å². The molecule has 0 amide bonds. The SMILES string of the molecule is CO[C@](N)(COC(=O)c1ccccc1)[C@@H](F)[C@@H](OC(=O)c1ccccc1)n1ccc(=O)[nH]c1=O. The fourth-order valence-corrected chi connectivity index (χ4v) is 2.97. The Balaban J connectivity index is 1.90. The van der Waals surface area contributed by atoms with Gasteiger partial charge in [-0.25, -0.2) is 18.8 Å². The molecule has 0 fully saturated rings. The second-order valence-corrected chi connectivity index (χ2v) is 7.18. The van der Waals surface area contributed by atoms with Crippen molar-refractivity contribution < 1.29 is 28.2 Å². The van der Waals surface area contributed by atoms with Gasteiger partial charge in [0, 0.05) is 19.4 Å². The minimum atomic E-state index is -2.42. The van der Waals surface area contributed by atoms with Gasteiger partial charge in [0.15, 0.2) is 5.72 Å². The molecule has 0 spiro atoms. The third kappa shape index (κ3) is 5.63. The summed E-state index contributed by atoms with van der Waals surface area (Å²) in [6.07, 6.45) is -3.45. The largest absolute Gasteiger partial charge is 0.457 e. The molecule has 11 heteroatoms. The van der Waals surface area contributed by atoms with Gasteiger partial charge in [0.05, 0.1) is 11.1 Å². The molecular weight excluding hydrogens is 449 g/mol. The number of hydrogen-bond acceptors (Lipinski definition) is 8. The van der Waals surface area contributed by atoms with Gasteiger partial charge in [0.25, 0.3) is 5.56 Å². The third-order valence-electron chi connectivity index (χ3n) is 4.90. The van der Waals surface area contributed by atoms with Crippen molar-refractivity contribution in [3.63, 3.8) is 0 Å². The molecule has 0 aliphatic heterocycles. The third-order valence-corrected chi connectivity index (χ3v) is 4.90. The van der Waals surface area contributed by atoms with Crippen LogP contribution in [-0.4, -0.2) is 47.1 Å². The summed E-state index contributed by atoms with van der Waals surface area (Å²) in [5.74, 6) is -1.76. The maximum Gasteiger partial charge on any atom is 0.340 e. The number of H-pyrrole nitrogens is 1. The number of carbonyl (C=O) groups is 2. The van der Waals surface area contributed by atoms with Crippen molar-refractivity contribution in [1.29, 1.82) is 0 Å². The molecule has 10 nitrogen and oxygen atoms in total. The van der Waals surface area contributed by atoms with Crippen LogP contribution in [0, 0.1) is 0 Å². The van der Waals surface area contributed by atoms with Crippen LogP contribution in [-0.2, 0) is 14.2 Å². The van der Waals surface area contributed by atoms with Crippen LogP contribution in [0.2, 0.25) is 0 Å². The Kier molecular flexibility index (Phi) is 7.71. The highest BCUT2D eigenvalue weighted by Crippen LogP contribution is 2.27. The summed E-state index contributed by atoms with van der Waals surface area (Å²) in [5, 5.41) is 0. The number of nitrogens with two attached hydrogens (primary N) is 1. The van der Waals surface area contributed by atoms with Gasteiger partial charge in [-0.15, -0.1) is 0 Å². The van der Waals surface area contributed by atoms with Gasteiger partial charge in [0.1, 0.15) is 6.61 Å². The average Bonchev–Trinajstić information content (AvgIpc) is 2.86. The fraction of sp³-hybridized carbons (Fsp3) is 0.217. The molecule has 2 aromatic carbocycles. The number of carbonyl (C=O) groups excluding carboxylic acids is 2. The molecule has 178 valence electrons. The van der Waals surface area contributed by atoms with E-state index in [1.807, 2.05) is 4.98 Å². The van der Waals surface area contributed by atoms with Gasteiger partial charge >= 0.3 is 17.6 Å². The van der Waals surface area contributed by atoms with Crippen LogP contribution in [0.1, 0.15) is 26.9 Å². The Hall–Kier alpha value is -4.09. The molecule has 34 heavy (non-hydrogen) atoms. The summed E-state index contributed by atoms with van der Waals surface area (Å²) in [7, 11) is 1.06. The first-order valence-electron chi connectivity index (χ1n) is 10.0. The minimum Gasteiger partial charge on any atom is -0.457 e. The molecule has 3 aromatic rings. The molecule has 0 saturated heterocycles. The van der Waals surface area contributed by atoms with Crippen molar-refractivity contribution in [3.05, 3.63) is 105 Å². The zero-order valence-corrected chi connectivity index (χ0v) is 18.1. The first-order chi connectivity index (χ1) is 16.2. The number of aromatic amines is 1. The Bertz CT molecular complexity index is 1250. The van der Waals surface area contributed by atoms with Crippen LogP contribution < -0.4 is 17.0 Å². The number of nitrogens with zero attached hydrogens (tertiary/aromatic N) is 1. The molecule has 3 N–H and O–H groups in total. The van der Waals surface area contributed by atoms with Gasteiger partial charge in [-0.1, -0.05) is 36.4 Å². The first-order valence-corrected chi connectivity index (χ1v) is 10.0. The summed E-state index contributed by atoms with van der Waals surface area (Å²) >= 11 is 0. The molecule has 3 rings (SSSR count). The lowest BCUT2D eigenvalue weighted by Gasteiger charge is -2.35. The number of esters is 2. The lowest BCUT2D eigenvalue weighted by atomic mass is 10.1. The van der Waals surface area contributed by atoms with Crippen LogP contribution in [0.15, 0.2) is 82.5 Å².